The summed E-state index contributed by atoms with van der Waals surface area (Å²) in [4.78, 5) is 39.4. The van der Waals surface area contributed by atoms with Crippen LogP contribution < -0.4 is 5.32 Å². The first-order valence-corrected chi connectivity index (χ1v) is 8.80. The molecule has 152 valence electrons. The van der Waals surface area contributed by atoms with Gasteiger partial charge in [-0.2, -0.15) is 0 Å². The zero-order chi connectivity index (χ0) is 21.4. The zero-order valence-electron chi connectivity index (χ0n) is 15.0. The second-order valence-electron chi connectivity index (χ2n) is 5.55. The number of hydrogen-bond acceptors (Lipinski definition) is 7. The van der Waals surface area contributed by atoms with Crippen LogP contribution in [0.15, 0.2) is 47.6 Å². The smallest absolute Gasteiger partial charge is 0.334 e. The lowest BCUT2D eigenvalue weighted by molar-refractivity contribution is -0.384. The molecule has 1 atom stereocenters. The lowest BCUT2D eigenvalue weighted by atomic mass is 10.2. The molecule has 0 aliphatic heterocycles. The Morgan fingerprint density at radius 1 is 1.24 bits per heavy atom. The minimum absolute atomic E-state index is 0.000649. The summed E-state index contributed by atoms with van der Waals surface area (Å²) < 4.78 is 4.63. The number of benzene rings is 2. The molecule has 0 aliphatic rings. The first-order chi connectivity index (χ1) is 13.8. The molecule has 1 amide bonds. The second kappa shape index (κ2) is 10.4. The van der Waals surface area contributed by atoms with E-state index in [1.165, 1.54) is 42.5 Å². The summed E-state index contributed by atoms with van der Waals surface area (Å²) in [6.07, 6.45) is 1.05. The number of amides is 1. The maximum atomic E-state index is 12.3. The molecule has 0 bridgehead atoms. The number of methoxy groups -OCH3 is 1. The topological polar surface area (TPSA) is 120 Å². The molecule has 0 fully saturated rings. The van der Waals surface area contributed by atoms with Crippen LogP contribution in [0, 0.1) is 10.1 Å². The van der Waals surface area contributed by atoms with Crippen LogP contribution >= 0.6 is 23.2 Å². The molecular weight excluding hydrogens is 425 g/mol. The van der Waals surface area contributed by atoms with Gasteiger partial charge in [0.15, 0.2) is 6.04 Å². The third kappa shape index (κ3) is 6.44. The van der Waals surface area contributed by atoms with Gasteiger partial charge in [0.05, 0.1) is 28.8 Å². The van der Waals surface area contributed by atoms with E-state index in [-0.39, 0.29) is 22.9 Å². The third-order valence-corrected chi connectivity index (χ3v) is 4.13. The highest BCUT2D eigenvalue weighted by Crippen LogP contribution is 2.21. The van der Waals surface area contributed by atoms with Gasteiger partial charge in [-0.25, -0.2) is 4.79 Å². The summed E-state index contributed by atoms with van der Waals surface area (Å²) in [6, 6.07) is 8.74. The number of oxime groups is 1. The van der Waals surface area contributed by atoms with E-state index < -0.39 is 22.8 Å². The standard InChI is InChI=1S/C18H15Cl2N3O6/c1-28-18(25)16(22-17(24)14-7-4-12(19)8-15(14)20)9-21-29-10-11-2-5-13(6-3-11)23(26)27/h2-9,16H,10H2,1H3,(H,22,24). The average Bonchev–Trinajstić information content (AvgIpc) is 2.69. The largest absolute Gasteiger partial charge is 0.467 e. The van der Waals surface area contributed by atoms with E-state index in [1.54, 1.807) is 0 Å². The SMILES string of the molecule is COC(=O)C(C=NOCc1ccc([N+](=O)[O-])cc1)NC(=O)c1ccc(Cl)cc1Cl. The first kappa shape index (κ1) is 22.1. The third-order valence-electron chi connectivity index (χ3n) is 3.58. The molecule has 2 aromatic carbocycles. The van der Waals surface area contributed by atoms with Gasteiger partial charge in [0.25, 0.3) is 11.6 Å². The highest BCUT2D eigenvalue weighted by molar-refractivity contribution is 6.36. The van der Waals surface area contributed by atoms with Gasteiger partial charge in [0.1, 0.15) is 6.61 Å². The van der Waals surface area contributed by atoms with Crippen LogP contribution in [-0.4, -0.2) is 36.2 Å². The normalized spacial score (nSPS) is 11.7. The van der Waals surface area contributed by atoms with E-state index >= 15 is 0 Å². The van der Waals surface area contributed by atoms with Gasteiger partial charge in [-0.1, -0.05) is 28.4 Å². The highest BCUT2D eigenvalue weighted by atomic mass is 35.5. The van der Waals surface area contributed by atoms with Gasteiger partial charge in [-0.05, 0) is 35.9 Å². The van der Waals surface area contributed by atoms with Crippen LogP contribution in [0.2, 0.25) is 10.0 Å². The number of nitro groups is 1. The highest BCUT2D eigenvalue weighted by Gasteiger charge is 2.22. The fourth-order valence-electron chi connectivity index (χ4n) is 2.11. The quantitative estimate of drug-likeness (QED) is 0.291. The first-order valence-electron chi connectivity index (χ1n) is 8.04. The Balaban J connectivity index is 1.99. The number of carbonyl (C=O) groups is 2. The van der Waals surface area contributed by atoms with Crippen LogP contribution in [0.1, 0.15) is 15.9 Å². The van der Waals surface area contributed by atoms with Crippen LogP contribution in [0.3, 0.4) is 0 Å². The number of halogens is 2. The molecule has 29 heavy (non-hydrogen) atoms. The number of hydrogen-bond donors (Lipinski definition) is 1. The Bertz CT molecular complexity index is 934. The second-order valence-corrected chi connectivity index (χ2v) is 6.39. The van der Waals surface area contributed by atoms with Crippen molar-refractivity contribution in [2.45, 2.75) is 12.6 Å². The Morgan fingerprint density at radius 3 is 2.52 bits per heavy atom. The summed E-state index contributed by atoms with van der Waals surface area (Å²) in [5.41, 5.74) is 0.691. The van der Waals surface area contributed by atoms with Crippen molar-refractivity contribution in [2.24, 2.45) is 5.16 Å². The van der Waals surface area contributed by atoms with Crippen molar-refractivity contribution in [1.29, 1.82) is 0 Å². The monoisotopic (exact) mass is 439 g/mol. The van der Waals surface area contributed by atoms with Crippen molar-refractivity contribution in [1.82, 2.24) is 5.32 Å². The average molecular weight is 440 g/mol. The van der Waals surface area contributed by atoms with Gasteiger partial charge in [-0.15, -0.1) is 0 Å². The van der Waals surface area contributed by atoms with Gasteiger partial charge in [0, 0.05) is 17.2 Å². The van der Waals surface area contributed by atoms with Crippen molar-refractivity contribution >= 4 is 47.0 Å². The van der Waals surface area contributed by atoms with Crippen LogP contribution in [0.25, 0.3) is 0 Å². The zero-order valence-corrected chi connectivity index (χ0v) is 16.5. The summed E-state index contributed by atoms with van der Waals surface area (Å²) in [7, 11) is 1.16. The number of ether oxygens (including phenoxy) is 1. The Morgan fingerprint density at radius 2 is 1.93 bits per heavy atom. The number of nitrogens with one attached hydrogen (secondary N) is 1. The number of rotatable bonds is 8. The lowest BCUT2D eigenvalue weighted by Gasteiger charge is -2.13. The summed E-state index contributed by atoms with van der Waals surface area (Å²) >= 11 is 11.8. The molecule has 0 saturated carbocycles. The van der Waals surface area contributed by atoms with Gasteiger partial charge >= 0.3 is 5.97 Å². The number of nitro benzene ring substituents is 1. The molecule has 0 saturated heterocycles. The Hall–Kier alpha value is -3.17. The minimum atomic E-state index is -1.23. The molecule has 0 heterocycles. The van der Waals surface area contributed by atoms with Gasteiger partial charge in [0.2, 0.25) is 0 Å². The predicted molar refractivity (Wildman–Crippen MR) is 106 cm³/mol. The van der Waals surface area contributed by atoms with Crippen molar-refractivity contribution in [3.8, 4) is 0 Å². The van der Waals surface area contributed by atoms with E-state index in [9.17, 15) is 19.7 Å². The molecule has 2 rings (SSSR count). The van der Waals surface area contributed by atoms with Crippen LogP contribution in [0.5, 0.6) is 0 Å². The number of non-ortho nitro benzene ring substituents is 1. The molecule has 2 aromatic rings. The van der Waals surface area contributed by atoms with E-state index in [0.29, 0.717) is 10.6 Å². The van der Waals surface area contributed by atoms with Crippen molar-refractivity contribution in [3.05, 3.63) is 73.8 Å². The number of esters is 1. The predicted octanol–water partition coefficient (Wildman–Crippen LogP) is 3.38. The molecule has 9 nitrogen and oxygen atoms in total. The van der Waals surface area contributed by atoms with E-state index in [4.69, 9.17) is 28.0 Å². The van der Waals surface area contributed by atoms with Crippen molar-refractivity contribution in [2.75, 3.05) is 7.11 Å². The molecule has 1 N–H and O–H groups in total. The molecule has 0 spiro atoms. The minimum Gasteiger partial charge on any atom is -0.467 e. The molecule has 1 unspecified atom stereocenters. The molecule has 0 aromatic heterocycles. The van der Waals surface area contributed by atoms with Crippen LogP contribution in [0.4, 0.5) is 5.69 Å². The maximum absolute atomic E-state index is 12.3. The molecule has 0 aliphatic carbocycles. The van der Waals surface area contributed by atoms with Crippen molar-refractivity contribution < 1.29 is 24.1 Å². The Kier molecular flexibility index (Phi) is 7.93. The fourth-order valence-corrected chi connectivity index (χ4v) is 2.60. The lowest BCUT2D eigenvalue weighted by Crippen LogP contribution is -2.42. The van der Waals surface area contributed by atoms with E-state index in [0.717, 1.165) is 13.3 Å². The summed E-state index contributed by atoms with van der Waals surface area (Å²) in [5, 5.41) is 17.2. The van der Waals surface area contributed by atoms with Crippen LogP contribution in [-0.2, 0) is 21.0 Å². The van der Waals surface area contributed by atoms with E-state index in [1.807, 2.05) is 0 Å². The van der Waals surface area contributed by atoms with E-state index in [2.05, 4.69) is 15.2 Å². The molecular formula is C18H15Cl2N3O6. The van der Waals surface area contributed by atoms with Gasteiger partial charge in [-0.3, -0.25) is 14.9 Å². The number of nitrogens with zero attached hydrogens (tertiary/aromatic N) is 2. The molecule has 0 radical (unpaired) electrons. The summed E-state index contributed by atoms with van der Waals surface area (Å²) in [5.74, 6) is -1.41. The Labute approximate surface area is 175 Å². The van der Waals surface area contributed by atoms with Crippen molar-refractivity contribution in [3.63, 3.8) is 0 Å². The summed E-state index contributed by atoms with van der Waals surface area (Å²) in [6.45, 7) is -0.000649. The fraction of sp³-hybridized carbons (Fsp3) is 0.167. The molecule has 11 heteroatoms. The number of carbonyl (C=O) groups excluding carboxylic acids is 2. The van der Waals surface area contributed by atoms with Gasteiger partial charge < -0.3 is 14.9 Å². The maximum Gasteiger partial charge on any atom is 0.334 e.